The molecule has 0 spiro atoms. The summed E-state index contributed by atoms with van der Waals surface area (Å²) in [6.45, 7) is 0. The standard InChI is InChI=1S/C16H16O3/c1-19-14-9-7-13(8-10-14)15(16(17)18)11-12-5-3-2-4-6-12/h2-10,15H,11H2,1H3,(H,17,18)/p-1. The Bertz CT molecular complexity index is 532. The predicted molar refractivity (Wildman–Crippen MR) is 70.9 cm³/mol. The smallest absolute Gasteiger partial charge is 0.118 e. The second-order valence-electron chi connectivity index (χ2n) is 4.33. The first-order valence-corrected chi connectivity index (χ1v) is 6.09. The third kappa shape index (κ3) is 3.35. The van der Waals surface area contributed by atoms with E-state index < -0.39 is 11.9 Å². The van der Waals surface area contributed by atoms with Crippen LogP contribution >= 0.6 is 0 Å². The average Bonchev–Trinajstić information content (AvgIpc) is 2.46. The van der Waals surface area contributed by atoms with E-state index in [0.29, 0.717) is 12.2 Å². The molecule has 2 rings (SSSR count). The van der Waals surface area contributed by atoms with Crippen molar-refractivity contribution < 1.29 is 14.6 Å². The summed E-state index contributed by atoms with van der Waals surface area (Å²) in [6.07, 6.45) is 0.426. The highest BCUT2D eigenvalue weighted by Crippen LogP contribution is 2.22. The number of carboxylic acid groups (broad SMARTS) is 1. The molecule has 19 heavy (non-hydrogen) atoms. The van der Waals surface area contributed by atoms with Gasteiger partial charge in [-0.25, -0.2) is 0 Å². The third-order valence-electron chi connectivity index (χ3n) is 3.09. The van der Waals surface area contributed by atoms with E-state index in [4.69, 9.17) is 4.74 Å². The van der Waals surface area contributed by atoms with Crippen LogP contribution < -0.4 is 9.84 Å². The maximum atomic E-state index is 11.3. The van der Waals surface area contributed by atoms with Gasteiger partial charge < -0.3 is 14.6 Å². The van der Waals surface area contributed by atoms with Crippen LogP contribution in [0.3, 0.4) is 0 Å². The molecule has 0 heterocycles. The maximum absolute atomic E-state index is 11.3. The Balaban J connectivity index is 2.22. The molecular weight excluding hydrogens is 240 g/mol. The molecule has 2 aromatic rings. The second-order valence-corrected chi connectivity index (χ2v) is 4.33. The highest BCUT2D eigenvalue weighted by atomic mass is 16.5. The molecule has 0 aliphatic rings. The molecule has 0 aliphatic carbocycles. The van der Waals surface area contributed by atoms with Crippen molar-refractivity contribution in [2.75, 3.05) is 7.11 Å². The lowest BCUT2D eigenvalue weighted by Crippen LogP contribution is -2.31. The van der Waals surface area contributed by atoms with Crippen LogP contribution in [-0.4, -0.2) is 13.1 Å². The van der Waals surface area contributed by atoms with Gasteiger partial charge in [0.15, 0.2) is 0 Å². The minimum Gasteiger partial charge on any atom is -0.549 e. The van der Waals surface area contributed by atoms with Crippen LogP contribution in [-0.2, 0) is 11.2 Å². The number of carbonyl (C=O) groups is 1. The molecular formula is C16H15O3-. The summed E-state index contributed by atoms with van der Waals surface area (Å²) in [5.74, 6) is -0.997. The zero-order valence-electron chi connectivity index (χ0n) is 10.7. The number of carbonyl (C=O) groups excluding carboxylic acids is 1. The van der Waals surface area contributed by atoms with Crippen LogP contribution in [0.1, 0.15) is 17.0 Å². The Morgan fingerprint density at radius 2 is 1.74 bits per heavy atom. The number of hydrogen-bond acceptors (Lipinski definition) is 3. The van der Waals surface area contributed by atoms with Gasteiger partial charge in [0.2, 0.25) is 0 Å². The normalized spacial score (nSPS) is 11.8. The first-order valence-electron chi connectivity index (χ1n) is 6.09. The minimum absolute atomic E-state index is 0.426. The van der Waals surface area contributed by atoms with Crippen LogP contribution in [0.5, 0.6) is 5.75 Å². The lowest BCUT2D eigenvalue weighted by molar-refractivity contribution is -0.308. The van der Waals surface area contributed by atoms with Gasteiger partial charge in [0.1, 0.15) is 5.75 Å². The molecule has 2 aromatic carbocycles. The molecule has 0 saturated heterocycles. The molecule has 0 fully saturated rings. The topological polar surface area (TPSA) is 49.4 Å². The van der Waals surface area contributed by atoms with Gasteiger partial charge in [-0.05, 0) is 29.7 Å². The van der Waals surface area contributed by atoms with E-state index in [1.54, 1.807) is 31.4 Å². The second kappa shape index (κ2) is 6.05. The van der Waals surface area contributed by atoms with Crippen molar-refractivity contribution in [3.63, 3.8) is 0 Å². The van der Waals surface area contributed by atoms with Crippen molar-refractivity contribution in [2.24, 2.45) is 0 Å². The zero-order chi connectivity index (χ0) is 13.7. The van der Waals surface area contributed by atoms with E-state index in [2.05, 4.69) is 0 Å². The van der Waals surface area contributed by atoms with E-state index in [1.807, 2.05) is 30.3 Å². The van der Waals surface area contributed by atoms with Crippen molar-refractivity contribution in [1.29, 1.82) is 0 Å². The summed E-state index contributed by atoms with van der Waals surface area (Å²) >= 11 is 0. The highest BCUT2D eigenvalue weighted by molar-refractivity contribution is 5.74. The van der Waals surface area contributed by atoms with E-state index in [9.17, 15) is 9.90 Å². The van der Waals surface area contributed by atoms with Crippen molar-refractivity contribution in [1.82, 2.24) is 0 Å². The van der Waals surface area contributed by atoms with Crippen molar-refractivity contribution in [2.45, 2.75) is 12.3 Å². The van der Waals surface area contributed by atoms with Gasteiger partial charge in [-0.2, -0.15) is 0 Å². The first kappa shape index (κ1) is 13.1. The first-order chi connectivity index (χ1) is 9.20. The summed E-state index contributed by atoms with van der Waals surface area (Å²) in [5, 5.41) is 11.3. The number of aliphatic carboxylic acids is 1. The Hall–Kier alpha value is -2.29. The summed E-state index contributed by atoms with van der Waals surface area (Å²) < 4.78 is 5.06. The molecule has 98 valence electrons. The average molecular weight is 255 g/mol. The third-order valence-corrected chi connectivity index (χ3v) is 3.09. The Kier molecular flexibility index (Phi) is 4.18. The van der Waals surface area contributed by atoms with Crippen molar-refractivity contribution >= 4 is 5.97 Å². The predicted octanol–water partition coefficient (Wildman–Crippen LogP) is 1.77. The van der Waals surface area contributed by atoms with Crippen LogP contribution in [0.2, 0.25) is 0 Å². The van der Waals surface area contributed by atoms with Gasteiger partial charge in [0, 0.05) is 11.9 Å². The van der Waals surface area contributed by atoms with E-state index in [0.717, 1.165) is 11.1 Å². The molecule has 3 heteroatoms. The van der Waals surface area contributed by atoms with E-state index >= 15 is 0 Å². The number of hydrogen-bond donors (Lipinski definition) is 0. The molecule has 0 aromatic heterocycles. The Morgan fingerprint density at radius 3 is 2.26 bits per heavy atom. The number of rotatable bonds is 5. The monoisotopic (exact) mass is 255 g/mol. The van der Waals surface area contributed by atoms with Crippen LogP contribution in [0.25, 0.3) is 0 Å². The molecule has 0 aliphatic heterocycles. The minimum atomic E-state index is -1.06. The molecule has 0 N–H and O–H groups in total. The van der Waals surface area contributed by atoms with Gasteiger partial charge in [-0.1, -0.05) is 42.5 Å². The fourth-order valence-electron chi connectivity index (χ4n) is 2.02. The SMILES string of the molecule is COc1ccc(C(Cc2ccccc2)C(=O)[O-])cc1. The van der Waals surface area contributed by atoms with Gasteiger partial charge >= 0.3 is 0 Å². The fourth-order valence-corrected chi connectivity index (χ4v) is 2.02. The van der Waals surface area contributed by atoms with Gasteiger partial charge in [-0.3, -0.25) is 0 Å². The number of carboxylic acids is 1. The summed E-state index contributed by atoms with van der Waals surface area (Å²) in [7, 11) is 1.58. The lowest BCUT2D eigenvalue weighted by atomic mass is 9.92. The van der Waals surface area contributed by atoms with Crippen LogP contribution in [0, 0.1) is 0 Å². The van der Waals surface area contributed by atoms with Crippen LogP contribution in [0.15, 0.2) is 54.6 Å². The molecule has 1 atom stereocenters. The maximum Gasteiger partial charge on any atom is 0.118 e. The van der Waals surface area contributed by atoms with E-state index in [-0.39, 0.29) is 0 Å². The quantitative estimate of drug-likeness (QED) is 0.818. The largest absolute Gasteiger partial charge is 0.549 e. The van der Waals surface area contributed by atoms with E-state index in [1.165, 1.54) is 0 Å². The summed E-state index contributed by atoms with van der Waals surface area (Å²) in [4.78, 5) is 11.3. The van der Waals surface area contributed by atoms with Crippen molar-refractivity contribution in [3.05, 3.63) is 65.7 Å². The highest BCUT2D eigenvalue weighted by Gasteiger charge is 2.13. The molecule has 0 bridgehead atoms. The fraction of sp³-hybridized carbons (Fsp3) is 0.188. The van der Waals surface area contributed by atoms with Crippen LogP contribution in [0.4, 0.5) is 0 Å². The van der Waals surface area contributed by atoms with Crippen molar-refractivity contribution in [3.8, 4) is 5.75 Å². The van der Waals surface area contributed by atoms with Gasteiger partial charge in [0.25, 0.3) is 0 Å². The number of benzene rings is 2. The van der Waals surface area contributed by atoms with Gasteiger partial charge in [-0.15, -0.1) is 0 Å². The number of ether oxygens (including phenoxy) is 1. The molecule has 0 amide bonds. The Morgan fingerprint density at radius 1 is 1.11 bits per heavy atom. The van der Waals surface area contributed by atoms with Gasteiger partial charge in [0.05, 0.1) is 7.11 Å². The summed E-state index contributed by atoms with van der Waals surface area (Å²) in [5.41, 5.74) is 1.71. The molecule has 3 nitrogen and oxygen atoms in total. The molecule has 0 radical (unpaired) electrons. The summed E-state index contributed by atoms with van der Waals surface area (Å²) in [6, 6.07) is 16.6. The zero-order valence-corrected chi connectivity index (χ0v) is 10.7. The molecule has 0 saturated carbocycles. The molecule has 1 unspecified atom stereocenters. The lowest BCUT2D eigenvalue weighted by Gasteiger charge is -2.19. The number of methoxy groups -OCH3 is 1. The Labute approximate surface area is 112 Å².